The number of hydrogen-bond donors (Lipinski definition) is 1. The van der Waals surface area contributed by atoms with Crippen molar-refractivity contribution >= 4 is 29.1 Å². The van der Waals surface area contributed by atoms with Gasteiger partial charge in [0.25, 0.3) is 11.8 Å². The van der Waals surface area contributed by atoms with Crippen LogP contribution in [0.5, 0.6) is 0 Å². The first-order valence-electron chi connectivity index (χ1n) is 8.68. The number of hydrogen-bond acceptors (Lipinski definition) is 4. The zero-order chi connectivity index (χ0) is 21.5. The predicted octanol–water partition coefficient (Wildman–Crippen LogP) is 3.39. The first-order chi connectivity index (χ1) is 13.5. The van der Waals surface area contributed by atoms with E-state index in [-0.39, 0.29) is 16.8 Å². The summed E-state index contributed by atoms with van der Waals surface area (Å²) in [5.41, 5.74) is -0.277. The predicted molar refractivity (Wildman–Crippen MR) is 101 cm³/mol. The highest BCUT2D eigenvalue weighted by atomic mass is 19.4. The Kier molecular flexibility index (Phi) is 5.08. The monoisotopic (exact) mass is 405 g/mol. The number of nitrogens with one attached hydrogen (secondary N) is 1. The number of rotatable bonds is 4. The topological polar surface area (TPSA) is 69.7 Å². The second kappa shape index (κ2) is 7.23. The summed E-state index contributed by atoms with van der Waals surface area (Å²) < 4.78 is 39.2. The molecule has 29 heavy (non-hydrogen) atoms. The van der Waals surface area contributed by atoms with Gasteiger partial charge >= 0.3 is 6.18 Å². The van der Waals surface area contributed by atoms with E-state index in [1.165, 1.54) is 25.1 Å². The van der Waals surface area contributed by atoms with Crippen LogP contribution in [0.25, 0.3) is 0 Å². The number of nitrogens with zero attached hydrogens (tertiary/aromatic N) is 2. The van der Waals surface area contributed by atoms with E-state index in [4.69, 9.17) is 0 Å². The van der Waals surface area contributed by atoms with Crippen LogP contribution < -0.4 is 10.2 Å². The molecule has 152 valence electrons. The Balaban J connectivity index is 1.89. The van der Waals surface area contributed by atoms with Crippen molar-refractivity contribution in [1.82, 2.24) is 4.90 Å². The maximum absolute atomic E-state index is 13.1. The largest absolute Gasteiger partial charge is 0.416 e. The molecule has 3 rings (SSSR count). The second-order valence-electron chi connectivity index (χ2n) is 6.82. The lowest BCUT2D eigenvalue weighted by Crippen LogP contribution is -2.45. The van der Waals surface area contributed by atoms with Crippen molar-refractivity contribution in [2.24, 2.45) is 0 Å². The van der Waals surface area contributed by atoms with Crippen molar-refractivity contribution < 1.29 is 27.6 Å². The second-order valence-corrected chi connectivity index (χ2v) is 6.82. The van der Waals surface area contributed by atoms with E-state index in [0.717, 1.165) is 17.0 Å². The van der Waals surface area contributed by atoms with Crippen molar-refractivity contribution in [2.45, 2.75) is 19.1 Å². The number of anilines is 2. The van der Waals surface area contributed by atoms with Crippen LogP contribution in [0.15, 0.2) is 42.5 Å². The summed E-state index contributed by atoms with van der Waals surface area (Å²) in [4.78, 5) is 40.1. The van der Waals surface area contributed by atoms with Gasteiger partial charge in [-0.3, -0.25) is 19.3 Å². The molecule has 0 aliphatic carbocycles. The lowest BCUT2D eigenvalue weighted by molar-refractivity contribution is -0.137. The Morgan fingerprint density at radius 1 is 1.03 bits per heavy atom. The minimum atomic E-state index is -4.58. The van der Waals surface area contributed by atoms with Crippen LogP contribution in [-0.4, -0.2) is 42.8 Å². The molecule has 1 unspecified atom stereocenters. The van der Waals surface area contributed by atoms with Gasteiger partial charge in [-0.15, -0.1) is 0 Å². The molecule has 0 saturated carbocycles. The van der Waals surface area contributed by atoms with Gasteiger partial charge in [0.05, 0.1) is 28.1 Å². The summed E-state index contributed by atoms with van der Waals surface area (Å²) in [6.45, 7) is 1.35. The normalized spacial score (nSPS) is 14.6. The molecule has 0 spiro atoms. The molecule has 1 N–H and O–H groups in total. The molecule has 6 nitrogen and oxygen atoms in total. The van der Waals surface area contributed by atoms with Crippen molar-refractivity contribution in [2.75, 3.05) is 24.3 Å². The molecule has 0 radical (unpaired) electrons. The molecule has 2 aromatic carbocycles. The number of alkyl halides is 3. The lowest BCUT2D eigenvalue weighted by Gasteiger charge is -2.24. The zero-order valence-electron chi connectivity index (χ0n) is 15.9. The Hall–Kier alpha value is -3.36. The summed E-state index contributed by atoms with van der Waals surface area (Å²) >= 11 is 0. The summed E-state index contributed by atoms with van der Waals surface area (Å²) in [5, 5.41) is 2.42. The molecule has 0 aromatic heterocycles. The van der Waals surface area contributed by atoms with Crippen molar-refractivity contribution in [3.05, 3.63) is 59.2 Å². The van der Waals surface area contributed by atoms with Gasteiger partial charge in [0.1, 0.15) is 6.04 Å². The Bertz CT molecular complexity index is 967. The quantitative estimate of drug-likeness (QED) is 0.792. The van der Waals surface area contributed by atoms with Gasteiger partial charge in [-0.25, -0.2) is 0 Å². The van der Waals surface area contributed by atoms with Gasteiger partial charge < -0.3 is 10.2 Å². The van der Waals surface area contributed by atoms with Gasteiger partial charge in [-0.1, -0.05) is 12.1 Å². The fourth-order valence-electron chi connectivity index (χ4n) is 3.12. The first-order valence-corrected chi connectivity index (χ1v) is 8.68. The zero-order valence-corrected chi connectivity index (χ0v) is 15.9. The van der Waals surface area contributed by atoms with Crippen LogP contribution >= 0.6 is 0 Å². The first kappa shape index (κ1) is 20.4. The molecule has 2 aromatic rings. The minimum Gasteiger partial charge on any atom is -0.376 e. The van der Waals surface area contributed by atoms with E-state index in [1.807, 2.05) is 0 Å². The van der Waals surface area contributed by atoms with Crippen LogP contribution in [0.1, 0.15) is 33.2 Å². The number of benzene rings is 2. The van der Waals surface area contributed by atoms with E-state index in [0.29, 0.717) is 5.69 Å². The average Bonchev–Trinajstić information content (AvgIpc) is 2.91. The van der Waals surface area contributed by atoms with Crippen LogP contribution in [0.4, 0.5) is 24.5 Å². The summed E-state index contributed by atoms with van der Waals surface area (Å²) in [6.07, 6.45) is -4.58. The third-order valence-electron chi connectivity index (χ3n) is 4.66. The van der Waals surface area contributed by atoms with Crippen molar-refractivity contribution in [3.8, 4) is 0 Å². The van der Waals surface area contributed by atoms with E-state index in [2.05, 4.69) is 5.32 Å². The highest BCUT2D eigenvalue weighted by Gasteiger charge is 2.41. The smallest absolute Gasteiger partial charge is 0.376 e. The SMILES string of the molecule is CC(C(=O)Nc1cc(C(F)(F)F)ccc1N(C)C)N1C(=O)c2ccccc2C1=O. The van der Waals surface area contributed by atoms with Crippen LogP contribution in [0.2, 0.25) is 0 Å². The third kappa shape index (κ3) is 3.67. The molecule has 1 atom stereocenters. The van der Waals surface area contributed by atoms with Gasteiger partial charge in [-0.2, -0.15) is 13.2 Å². The Labute approximate surface area is 164 Å². The van der Waals surface area contributed by atoms with Gasteiger partial charge in [-0.05, 0) is 37.3 Å². The van der Waals surface area contributed by atoms with Crippen molar-refractivity contribution in [3.63, 3.8) is 0 Å². The summed E-state index contributed by atoms with van der Waals surface area (Å²) in [5.74, 6) is -2.02. The van der Waals surface area contributed by atoms with Crippen molar-refractivity contribution in [1.29, 1.82) is 0 Å². The lowest BCUT2D eigenvalue weighted by atomic mass is 10.1. The number of imide groups is 1. The van der Waals surface area contributed by atoms with E-state index >= 15 is 0 Å². The van der Waals surface area contributed by atoms with Gasteiger partial charge in [0.15, 0.2) is 0 Å². The fourth-order valence-corrected chi connectivity index (χ4v) is 3.12. The molecule has 9 heteroatoms. The Morgan fingerprint density at radius 2 is 1.59 bits per heavy atom. The van der Waals surface area contributed by atoms with E-state index < -0.39 is 35.5 Å². The van der Waals surface area contributed by atoms with E-state index in [1.54, 1.807) is 31.1 Å². The molecule has 3 amide bonds. The highest BCUT2D eigenvalue weighted by Crippen LogP contribution is 2.35. The number of fused-ring (bicyclic) bond motifs is 1. The minimum absolute atomic E-state index is 0.0710. The molecular formula is C20H18F3N3O3. The number of amides is 3. The van der Waals surface area contributed by atoms with Crippen LogP contribution in [0.3, 0.4) is 0 Å². The average molecular weight is 405 g/mol. The molecule has 1 heterocycles. The maximum atomic E-state index is 13.1. The van der Waals surface area contributed by atoms with E-state index in [9.17, 15) is 27.6 Å². The maximum Gasteiger partial charge on any atom is 0.416 e. The summed E-state index contributed by atoms with van der Waals surface area (Å²) in [6, 6.07) is 7.93. The molecular weight excluding hydrogens is 387 g/mol. The van der Waals surface area contributed by atoms with Crippen LogP contribution in [-0.2, 0) is 11.0 Å². The number of carbonyl (C=O) groups is 3. The molecule has 0 saturated heterocycles. The molecule has 1 aliphatic heterocycles. The fraction of sp³-hybridized carbons (Fsp3) is 0.250. The highest BCUT2D eigenvalue weighted by molar-refractivity contribution is 6.23. The summed E-state index contributed by atoms with van der Waals surface area (Å²) in [7, 11) is 3.23. The van der Waals surface area contributed by atoms with Gasteiger partial charge in [0, 0.05) is 14.1 Å². The van der Waals surface area contributed by atoms with Crippen LogP contribution in [0, 0.1) is 0 Å². The third-order valence-corrected chi connectivity index (χ3v) is 4.66. The standard InChI is InChI=1S/C20H18F3N3O3/c1-11(26-18(28)13-6-4-5-7-14(13)19(26)29)17(27)24-15-10-12(20(21,22)23)8-9-16(15)25(2)3/h4-11H,1-3H3,(H,24,27). The molecule has 1 aliphatic rings. The molecule has 0 bridgehead atoms. The molecule has 0 fully saturated rings. The number of carbonyl (C=O) groups excluding carboxylic acids is 3. The number of halogens is 3. The Morgan fingerprint density at radius 3 is 2.07 bits per heavy atom. The van der Waals surface area contributed by atoms with Gasteiger partial charge in [0.2, 0.25) is 5.91 Å².